The molecule has 1 unspecified atom stereocenters. The summed E-state index contributed by atoms with van der Waals surface area (Å²) in [6.45, 7) is 2.65. The van der Waals surface area contributed by atoms with Gasteiger partial charge in [-0.25, -0.2) is 4.98 Å². The summed E-state index contributed by atoms with van der Waals surface area (Å²) in [5.41, 5.74) is 6.74. The molecule has 19 heavy (non-hydrogen) atoms. The van der Waals surface area contributed by atoms with Crippen LogP contribution in [0.5, 0.6) is 0 Å². The minimum atomic E-state index is -4.08. The van der Waals surface area contributed by atoms with Crippen LogP contribution < -0.4 is 10.6 Å². The molecule has 3 nitrogen and oxygen atoms in total. The van der Waals surface area contributed by atoms with E-state index in [0.717, 1.165) is 11.4 Å². The first-order chi connectivity index (χ1) is 8.88. The van der Waals surface area contributed by atoms with Gasteiger partial charge in [-0.05, 0) is 37.5 Å². The average molecular weight is 273 g/mol. The van der Waals surface area contributed by atoms with Crippen molar-refractivity contribution in [1.29, 1.82) is 0 Å². The molecule has 0 amide bonds. The molecule has 1 aromatic rings. The Hall–Kier alpha value is -1.30. The maximum Gasteiger partial charge on any atom is 0.391 e. The molecule has 0 bridgehead atoms. The van der Waals surface area contributed by atoms with Crippen molar-refractivity contribution >= 4 is 5.82 Å². The van der Waals surface area contributed by atoms with E-state index in [1.54, 1.807) is 6.20 Å². The second-order valence-electron chi connectivity index (χ2n) is 5.04. The lowest BCUT2D eigenvalue weighted by molar-refractivity contribution is -0.179. The minimum absolute atomic E-state index is 0.102. The zero-order valence-electron chi connectivity index (χ0n) is 10.8. The molecule has 2 heterocycles. The zero-order chi connectivity index (χ0) is 14.0. The topological polar surface area (TPSA) is 42.1 Å². The molecule has 6 heteroatoms. The summed E-state index contributed by atoms with van der Waals surface area (Å²) >= 11 is 0. The molecule has 1 aliphatic heterocycles. The number of nitrogens with zero attached hydrogens (tertiary/aromatic N) is 2. The second-order valence-corrected chi connectivity index (χ2v) is 5.04. The summed E-state index contributed by atoms with van der Waals surface area (Å²) in [5, 5.41) is 0. The van der Waals surface area contributed by atoms with Crippen LogP contribution >= 0.6 is 0 Å². The Morgan fingerprint density at radius 1 is 1.37 bits per heavy atom. The normalized spacial score (nSPS) is 19.5. The Kier molecular flexibility index (Phi) is 3.99. The lowest BCUT2D eigenvalue weighted by atomic mass is 9.96. The molecule has 0 spiro atoms. The highest BCUT2D eigenvalue weighted by atomic mass is 19.4. The average Bonchev–Trinajstić information content (AvgIpc) is 2.38. The SMILES string of the molecule is CC(N)c1ccnc(N2CCC(C(F)(F)F)CC2)c1. The van der Waals surface area contributed by atoms with Crippen LogP contribution in [0.25, 0.3) is 0 Å². The number of rotatable bonds is 2. The summed E-state index contributed by atoms with van der Waals surface area (Å²) in [4.78, 5) is 6.12. The van der Waals surface area contributed by atoms with E-state index in [0.29, 0.717) is 13.1 Å². The molecular weight excluding hydrogens is 255 g/mol. The maximum absolute atomic E-state index is 12.6. The van der Waals surface area contributed by atoms with Crippen molar-refractivity contribution in [3.05, 3.63) is 23.9 Å². The number of halogens is 3. The quantitative estimate of drug-likeness (QED) is 0.901. The van der Waals surface area contributed by atoms with Gasteiger partial charge in [-0.3, -0.25) is 0 Å². The third kappa shape index (κ3) is 3.37. The van der Waals surface area contributed by atoms with Crippen LogP contribution in [0.4, 0.5) is 19.0 Å². The van der Waals surface area contributed by atoms with Crippen molar-refractivity contribution in [2.24, 2.45) is 11.7 Å². The summed E-state index contributed by atoms with van der Waals surface area (Å²) in [5.74, 6) is -0.462. The molecule has 0 saturated carbocycles. The molecule has 106 valence electrons. The number of alkyl halides is 3. The van der Waals surface area contributed by atoms with Gasteiger partial charge in [0, 0.05) is 25.3 Å². The number of piperidine rings is 1. The van der Waals surface area contributed by atoms with E-state index in [2.05, 4.69) is 4.98 Å². The first-order valence-corrected chi connectivity index (χ1v) is 6.41. The van der Waals surface area contributed by atoms with Gasteiger partial charge >= 0.3 is 6.18 Å². The van der Waals surface area contributed by atoms with Crippen LogP contribution in [0.2, 0.25) is 0 Å². The first-order valence-electron chi connectivity index (χ1n) is 6.41. The molecule has 0 radical (unpaired) electrons. The molecule has 1 saturated heterocycles. The minimum Gasteiger partial charge on any atom is -0.357 e. The lowest BCUT2D eigenvalue weighted by Crippen LogP contribution is -2.39. The number of anilines is 1. The van der Waals surface area contributed by atoms with Crippen LogP contribution in [0.15, 0.2) is 18.3 Å². The van der Waals surface area contributed by atoms with E-state index < -0.39 is 12.1 Å². The molecule has 1 fully saturated rings. The second kappa shape index (κ2) is 5.36. The van der Waals surface area contributed by atoms with Crippen LogP contribution in [-0.4, -0.2) is 24.2 Å². The molecule has 0 aliphatic carbocycles. The summed E-state index contributed by atoms with van der Waals surface area (Å²) < 4.78 is 37.8. The molecule has 0 aromatic carbocycles. The third-order valence-electron chi connectivity index (χ3n) is 3.58. The smallest absolute Gasteiger partial charge is 0.357 e. The van der Waals surface area contributed by atoms with Crippen molar-refractivity contribution in [3.63, 3.8) is 0 Å². The fourth-order valence-corrected chi connectivity index (χ4v) is 2.33. The van der Waals surface area contributed by atoms with E-state index in [1.165, 1.54) is 0 Å². The number of hydrogen-bond donors (Lipinski definition) is 1. The van der Waals surface area contributed by atoms with Gasteiger partial charge in [-0.1, -0.05) is 0 Å². The lowest BCUT2D eigenvalue weighted by Gasteiger charge is -2.33. The highest BCUT2D eigenvalue weighted by Gasteiger charge is 2.41. The maximum atomic E-state index is 12.6. The zero-order valence-corrected chi connectivity index (χ0v) is 10.8. The van der Waals surface area contributed by atoms with Crippen molar-refractivity contribution in [3.8, 4) is 0 Å². The van der Waals surface area contributed by atoms with Gasteiger partial charge < -0.3 is 10.6 Å². The number of pyridine rings is 1. The van der Waals surface area contributed by atoms with Gasteiger partial charge in [0.05, 0.1) is 5.92 Å². The third-order valence-corrected chi connectivity index (χ3v) is 3.58. The molecule has 2 rings (SSSR count). The summed E-state index contributed by atoms with van der Waals surface area (Å²) in [7, 11) is 0. The van der Waals surface area contributed by atoms with Crippen LogP contribution in [0.3, 0.4) is 0 Å². The van der Waals surface area contributed by atoms with Gasteiger partial charge in [0.15, 0.2) is 0 Å². The monoisotopic (exact) mass is 273 g/mol. The highest BCUT2D eigenvalue weighted by Crippen LogP contribution is 2.35. The molecule has 2 N–H and O–H groups in total. The molecule has 1 aliphatic rings. The van der Waals surface area contributed by atoms with Crippen molar-refractivity contribution < 1.29 is 13.2 Å². The van der Waals surface area contributed by atoms with E-state index in [-0.39, 0.29) is 18.9 Å². The van der Waals surface area contributed by atoms with Gasteiger partial charge in [0.2, 0.25) is 0 Å². The molecule has 1 aromatic heterocycles. The van der Waals surface area contributed by atoms with E-state index in [1.807, 2.05) is 24.0 Å². The van der Waals surface area contributed by atoms with E-state index >= 15 is 0 Å². The number of nitrogens with two attached hydrogens (primary N) is 1. The first kappa shape index (κ1) is 14.1. The van der Waals surface area contributed by atoms with Crippen LogP contribution in [-0.2, 0) is 0 Å². The van der Waals surface area contributed by atoms with Gasteiger partial charge in [0.1, 0.15) is 5.82 Å². The van der Waals surface area contributed by atoms with Gasteiger partial charge in [-0.2, -0.15) is 13.2 Å². The fourth-order valence-electron chi connectivity index (χ4n) is 2.33. The predicted octanol–water partition coefficient (Wildman–Crippen LogP) is 2.88. The van der Waals surface area contributed by atoms with E-state index in [9.17, 15) is 13.2 Å². The van der Waals surface area contributed by atoms with Crippen molar-refractivity contribution in [1.82, 2.24) is 4.98 Å². The molecule has 1 atom stereocenters. The molecular formula is C13H18F3N3. The Labute approximate surface area is 110 Å². The van der Waals surface area contributed by atoms with Crippen LogP contribution in [0, 0.1) is 5.92 Å². The number of hydrogen-bond acceptors (Lipinski definition) is 3. The Morgan fingerprint density at radius 3 is 2.53 bits per heavy atom. The van der Waals surface area contributed by atoms with Crippen LogP contribution in [0.1, 0.15) is 31.4 Å². The van der Waals surface area contributed by atoms with Crippen molar-refractivity contribution in [2.45, 2.75) is 32.0 Å². The summed E-state index contributed by atoms with van der Waals surface area (Å²) in [6, 6.07) is 3.59. The van der Waals surface area contributed by atoms with Gasteiger partial charge in [0.25, 0.3) is 0 Å². The Bertz CT molecular complexity index is 423. The Morgan fingerprint density at radius 2 is 2.00 bits per heavy atom. The van der Waals surface area contributed by atoms with Gasteiger partial charge in [-0.15, -0.1) is 0 Å². The largest absolute Gasteiger partial charge is 0.391 e. The van der Waals surface area contributed by atoms with Crippen molar-refractivity contribution in [2.75, 3.05) is 18.0 Å². The standard InChI is InChI=1S/C13H18F3N3/c1-9(17)10-2-5-18-12(8-10)19-6-3-11(4-7-19)13(14,15)16/h2,5,8-9,11H,3-4,6-7,17H2,1H3. The Balaban J connectivity index is 2.03. The fraction of sp³-hybridized carbons (Fsp3) is 0.615. The predicted molar refractivity (Wildman–Crippen MR) is 67.8 cm³/mol. The highest BCUT2D eigenvalue weighted by molar-refractivity contribution is 5.42. The number of aromatic nitrogens is 1. The summed E-state index contributed by atoms with van der Waals surface area (Å²) in [6.07, 6.45) is -2.15. The van der Waals surface area contributed by atoms with E-state index in [4.69, 9.17) is 5.73 Å².